The molecule has 1 saturated heterocycles. The quantitative estimate of drug-likeness (QED) is 0.842. The molecule has 2 aromatic rings. The third-order valence-corrected chi connectivity index (χ3v) is 4.75. The smallest absolute Gasteiger partial charge is 0.123 e. The second-order valence-corrected chi connectivity index (χ2v) is 6.61. The molecule has 5 heteroatoms. The molecule has 1 N–H and O–H groups in total. The van der Waals surface area contributed by atoms with E-state index in [4.69, 9.17) is 16.3 Å². The summed E-state index contributed by atoms with van der Waals surface area (Å²) in [5.41, 5.74) is 5.25. The Morgan fingerprint density at radius 2 is 2.12 bits per heavy atom. The predicted molar refractivity (Wildman–Crippen MR) is 96.0 cm³/mol. The maximum atomic E-state index is 13.6. The van der Waals surface area contributed by atoms with Crippen LogP contribution in [0.4, 0.5) is 10.1 Å². The summed E-state index contributed by atoms with van der Waals surface area (Å²) in [6.07, 6.45) is 3.03. The third-order valence-electron chi connectivity index (χ3n) is 4.42. The van der Waals surface area contributed by atoms with Gasteiger partial charge in [0, 0.05) is 13.1 Å². The van der Waals surface area contributed by atoms with E-state index in [1.54, 1.807) is 19.2 Å². The van der Waals surface area contributed by atoms with Gasteiger partial charge in [0.25, 0.3) is 0 Å². The Balaban J connectivity index is 1.66. The van der Waals surface area contributed by atoms with Gasteiger partial charge < -0.3 is 10.2 Å². The SMILES string of the molecule is COc1ccc(F)cc1CC1CCCN(Nc2ccccc2Cl)C1. The minimum Gasteiger partial charge on any atom is -0.496 e. The Kier molecular flexibility index (Phi) is 5.59. The highest BCUT2D eigenvalue weighted by Crippen LogP contribution is 2.28. The van der Waals surface area contributed by atoms with Crippen LogP contribution in [0.15, 0.2) is 42.5 Å². The molecule has 0 aliphatic carbocycles. The van der Waals surface area contributed by atoms with E-state index < -0.39 is 0 Å². The van der Waals surface area contributed by atoms with Crippen molar-refractivity contribution in [1.82, 2.24) is 5.01 Å². The van der Waals surface area contributed by atoms with Crippen molar-refractivity contribution in [3.63, 3.8) is 0 Å². The number of hydrogen-bond donors (Lipinski definition) is 1. The number of methoxy groups -OCH3 is 1. The molecule has 3 nitrogen and oxygen atoms in total. The normalized spacial score (nSPS) is 18.4. The van der Waals surface area contributed by atoms with Gasteiger partial charge in [-0.25, -0.2) is 9.40 Å². The van der Waals surface area contributed by atoms with Gasteiger partial charge in [0.05, 0.1) is 17.8 Å². The lowest BCUT2D eigenvalue weighted by Gasteiger charge is -2.34. The van der Waals surface area contributed by atoms with Crippen LogP contribution in [0.3, 0.4) is 0 Å². The summed E-state index contributed by atoms with van der Waals surface area (Å²) in [5, 5.41) is 2.91. The maximum absolute atomic E-state index is 13.6. The molecule has 1 atom stereocenters. The summed E-state index contributed by atoms with van der Waals surface area (Å²) in [7, 11) is 1.63. The number of hydrogen-bond acceptors (Lipinski definition) is 3. The second-order valence-electron chi connectivity index (χ2n) is 6.21. The lowest BCUT2D eigenvalue weighted by atomic mass is 9.91. The lowest BCUT2D eigenvalue weighted by Crippen LogP contribution is -2.40. The van der Waals surface area contributed by atoms with Crippen LogP contribution in [0, 0.1) is 11.7 Å². The summed E-state index contributed by atoms with van der Waals surface area (Å²) in [6.45, 7) is 1.87. The van der Waals surface area contributed by atoms with Crippen molar-refractivity contribution >= 4 is 17.3 Å². The molecular formula is C19H22ClFN2O. The van der Waals surface area contributed by atoms with Gasteiger partial charge in [0.15, 0.2) is 0 Å². The average molecular weight is 349 g/mol. The van der Waals surface area contributed by atoms with E-state index in [2.05, 4.69) is 10.4 Å². The van der Waals surface area contributed by atoms with Gasteiger partial charge in [0.2, 0.25) is 0 Å². The molecule has 1 heterocycles. The molecule has 3 rings (SSSR count). The summed E-state index contributed by atoms with van der Waals surface area (Å²) in [4.78, 5) is 0. The Morgan fingerprint density at radius 3 is 2.92 bits per heavy atom. The van der Waals surface area contributed by atoms with E-state index >= 15 is 0 Å². The highest BCUT2D eigenvalue weighted by atomic mass is 35.5. The first-order chi connectivity index (χ1) is 11.7. The van der Waals surface area contributed by atoms with E-state index in [9.17, 15) is 4.39 Å². The molecule has 2 aromatic carbocycles. The summed E-state index contributed by atoms with van der Waals surface area (Å²) < 4.78 is 18.9. The van der Waals surface area contributed by atoms with Crippen LogP contribution < -0.4 is 10.2 Å². The number of benzene rings is 2. The topological polar surface area (TPSA) is 24.5 Å². The first kappa shape index (κ1) is 17.1. The Bertz CT molecular complexity index is 695. The number of halogens is 2. The molecule has 24 heavy (non-hydrogen) atoms. The van der Waals surface area contributed by atoms with Crippen LogP contribution in [-0.4, -0.2) is 25.2 Å². The maximum Gasteiger partial charge on any atom is 0.123 e. The average Bonchev–Trinajstić information content (AvgIpc) is 2.58. The molecule has 0 saturated carbocycles. The van der Waals surface area contributed by atoms with Crippen molar-refractivity contribution in [3.8, 4) is 5.75 Å². The Hall–Kier alpha value is -1.78. The zero-order valence-corrected chi connectivity index (χ0v) is 14.5. The van der Waals surface area contributed by atoms with E-state index in [-0.39, 0.29) is 5.82 Å². The molecule has 1 aliphatic heterocycles. The van der Waals surface area contributed by atoms with E-state index in [0.717, 1.165) is 49.4 Å². The molecule has 1 fully saturated rings. The molecule has 1 aliphatic rings. The lowest BCUT2D eigenvalue weighted by molar-refractivity contribution is 0.206. The molecule has 0 amide bonds. The number of nitrogens with one attached hydrogen (secondary N) is 1. The zero-order valence-electron chi connectivity index (χ0n) is 13.8. The predicted octanol–water partition coefficient (Wildman–Crippen LogP) is 4.77. The van der Waals surface area contributed by atoms with Crippen LogP contribution >= 0.6 is 11.6 Å². The van der Waals surface area contributed by atoms with Crippen LogP contribution in [0.1, 0.15) is 18.4 Å². The van der Waals surface area contributed by atoms with Gasteiger partial charge in [0.1, 0.15) is 11.6 Å². The van der Waals surface area contributed by atoms with Crippen LogP contribution in [0.5, 0.6) is 5.75 Å². The van der Waals surface area contributed by atoms with Gasteiger partial charge in [-0.2, -0.15) is 0 Å². The van der Waals surface area contributed by atoms with E-state index in [1.807, 2.05) is 24.3 Å². The van der Waals surface area contributed by atoms with Crippen LogP contribution in [0.25, 0.3) is 0 Å². The molecule has 128 valence electrons. The van der Waals surface area contributed by atoms with Gasteiger partial charge in [-0.05, 0) is 61.1 Å². The number of nitrogens with zero attached hydrogens (tertiary/aromatic N) is 1. The zero-order chi connectivity index (χ0) is 16.9. The molecule has 0 bridgehead atoms. The monoisotopic (exact) mass is 348 g/mol. The number of para-hydroxylation sites is 1. The van der Waals surface area contributed by atoms with Gasteiger partial charge in [-0.3, -0.25) is 0 Å². The number of hydrazine groups is 1. The minimum atomic E-state index is -0.215. The Morgan fingerprint density at radius 1 is 1.29 bits per heavy atom. The Labute approximate surface area is 147 Å². The van der Waals surface area contributed by atoms with Crippen molar-refractivity contribution in [1.29, 1.82) is 0 Å². The molecule has 0 spiro atoms. The highest BCUT2D eigenvalue weighted by Gasteiger charge is 2.22. The van der Waals surface area contributed by atoms with Crippen molar-refractivity contribution < 1.29 is 9.13 Å². The van der Waals surface area contributed by atoms with Crippen molar-refractivity contribution in [2.45, 2.75) is 19.3 Å². The van der Waals surface area contributed by atoms with Gasteiger partial charge in [-0.1, -0.05) is 23.7 Å². The summed E-state index contributed by atoms with van der Waals surface area (Å²) in [6, 6.07) is 12.5. The fraction of sp³-hybridized carbons (Fsp3) is 0.368. The van der Waals surface area contributed by atoms with Crippen molar-refractivity contribution in [3.05, 3.63) is 58.9 Å². The summed E-state index contributed by atoms with van der Waals surface area (Å²) in [5.74, 6) is 0.990. The third kappa shape index (κ3) is 4.19. The van der Waals surface area contributed by atoms with Crippen molar-refractivity contribution in [2.75, 3.05) is 25.6 Å². The fourth-order valence-electron chi connectivity index (χ4n) is 3.27. The first-order valence-corrected chi connectivity index (χ1v) is 8.62. The van der Waals surface area contributed by atoms with Crippen LogP contribution in [0.2, 0.25) is 5.02 Å². The van der Waals surface area contributed by atoms with E-state index in [0.29, 0.717) is 10.9 Å². The number of ether oxygens (including phenoxy) is 1. The fourth-order valence-corrected chi connectivity index (χ4v) is 3.45. The number of rotatable bonds is 5. The largest absolute Gasteiger partial charge is 0.496 e. The molecule has 1 unspecified atom stereocenters. The van der Waals surface area contributed by atoms with Crippen molar-refractivity contribution in [2.24, 2.45) is 5.92 Å². The minimum absolute atomic E-state index is 0.215. The number of anilines is 1. The van der Waals surface area contributed by atoms with Gasteiger partial charge in [-0.15, -0.1) is 0 Å². The van der Waals surface area contributed by atoms with Gasteiger partial charge >= 0.3 is 0 Å². The molecule has 0 radical (unpaired) electrons. The standard InChI is InChI=1S/C19H22ClFN2O/c1-24-19-9-8-16(21)12-15(19)11-14-5-4-10-23(13-14)22-18-7-3-2-6-17(18)20/h2-3,6-9,12,14,22H,4-5,10-11,13H2,1H3. The number of piperidine rings is 1. The second kappa shape index (κ2) is 7.86. The van der Waals surface area contributed by atoms with E-state index in [1.165, 1.54) is 6.07 Å². The summed E-state index contributed by atoms with van der Waals surface area (Å²) >= 11 is 6.22. The highest BCUT2D eigenvalue weighted by molar-refractivity contribution is 6.33. The first-order valence-electron chi connectivity index (χ1n) is 8.24. The van der Waals surface area contributed by atoms with Crippen LogP contribution in [-0.2, 0) is 6.42 Å². The molecular weight excluding hydrogens is 327 g/mol. The molecule has 0 aromatic heterocycles.